The fourth-order valence-electron chi connectivity index (χ4n) is 2.48. The minimum Gasteiger partial charge on any atom is -0.443 e. The molecule has 122 valence electrons. The van der Waals surface area contributed by atoms with Crippen molar-refractivity contribution in [1.82, 2.24) is 0 Å². The van der Waals surface area contributed by atoms with Crippen LogP contribution < -0.4 is 0 Å². The Balaban J connectivity index is 1.99. The molecule has 1 atom stereocenters. The topological polar surface area (TPSA) is 77.5 Å². The van der Waals surface area contributed by atoms with Crippen LogP contribution in [0.25, 0.3) is 0 Å². The van der Waals surface area contributed by atoms with Crippen LogP contribution in [-0.4, -0.2) is 20.2 Å². The van der Waals surface area contributed by atoms with Gasteiger partial charge in [0.2, 0.25) is 15.6 Å². The summed E-state index contributed by atoms with van der Waals surface area (Å²) in [7, 11) is -3.64. The average Bonchev–Trinajstić information content (AvgIpc) is 2.59. The molecule has 0 bridgehead atoms. The first kappa shape index (κ1) is 16.1. The van der Waals surface area contributed by atoms with Crippen LogP contribution in [0.1, 0.15) is 12.5 Å². The fraction of sp³-hybridized carbons (Fsp3) is 0.111. The summed E-state index contributed by atoms with van der Waals surface area (Å²) in [6.45, 7) is 1.48. The molecule has 1 aliphatic rings. The van der Waals surface area contributed by atoms with E-state index in [9.17, 15) is 18.0 Å². The summed E-state index contributed by atoms with van der Waals surface area (Å²) in [4.78, 5) is 23.8. The van der Waals surface area contributed by atoms with Crippen LogP contribution in [0.4, 0.5) is 0 Å². The van der Waals surface area contributed by atoms with Crippen molar-refractivity contribution in [2.45, 2.75) is 22.3 Å². The second-order valence-electron chi connectivity index (χ2n) is 5.49. The Hall–Kier alpha value is -2.73. The van der Waals surface area contributed by atoms with Gasteiger partial charge in [-0.2, -0.15) is 0 Å². The van der Waals surface area contributed by atoms with Gasteiger partial charge in [0.25, 0.3) is 0 Å². The molecule has 0 saturated heterocycles. The summed E-state index contributed by atoms with van der Waals surface area (Å²) in [5.41, 5.74) is -1.03. The minimum absolute atomic E-state index is 0.103. The number of benzene rings is 2. The Kier molecular flexibility index (Phi) is 3.85. The smallest absolute Gasteiger partial charge is 0.332 e. The first-order valence-electron chi connectivity index (χ1n) is 7.20. The van der Waals surface area contributed by atoms with Gasteiger partial charge in [0.1, 0.15) is 0 Å². The van der Waals surface area contributed by atoms with Gasteiger partial charge in [-0.05, 0) is 37.3 Å². The first-order valence-corrected chi connectivity index (χ1v) is 8.68. The summed E-state index contributed by atoms with van der Waals surface area (Å²) in [5, 5.41) is 0. The van der Waals surface area contributed by atoms with Gasteiger partial charge in [-0.15, -0.1) is 0 Å². The second kappa shape index (κ2) is 5.72. The molecule has 2 aromatic carbocycles. The molecule has 0 aromatic heterocycles. The molecule has 0 saturated carbocycles. The zero-order valence-corrected chi connectivity index (χ0v) is 13.6. The molecule has 24 heavy (non-hydrogen) atoms. The Morgan fingerprint density at radius 1 is 0.833 bits per heavy atom. The van der Waals surface area contributed by atoms with E-state index in [1.165, 1.54) is 49.4 Å². The SMILES string of the molecule is C[C@@]1(c2ccc(S(=O)(=O)c3ccccc3)cc2)OC(=O)C=CC1=O. The molecular formula is C18H14O5S. The molecular weight excluding hydrogens is 328 g/mol. The highest BCUT2D eigenvalue weighted by molar-refractivity contribution is 7.91. The predicted molar refractivity (Wildman–Crippen MR) is 85.9 cm³/mol. The van der Waals surface area contributed by atoms with Crippen molar-refractivity contribution < 1.29 is 22.7 Å². The van der Waals surface area contributed by atoms with Gasteiger partial charge in [-0.1, -0.05) is 30.3 Å². The summed E-state index contributed by atoms with van der Waals surface area (Å²) in [6, 6.07) is 13.8. The van der Waals surface area contributed by atoms with Crippen molar-refractivity contribution in [2.24, 2.45) is 0 Å². The number of hydrogen-bond acceptors (Lipinski definition) is 5. The van der Waals surface area contributed by atoms with Crippen molar-refractivity contribution in [3.8, 4) is 0 Å². The van der Waals surface area contributed by atoms with E-state index in [0.29, 0.717) is 5.56 Å². The molecule has 0 aliphatic carbocycles. The van der Waals surface area contributed by atoms with Crippen molar-refractivity contribution in [1.29, 1.82) is 0 Å². The first-order chi connectivity index (χ1) is 11.3. The molecule has 0 fully saturated rings. The number of sulfone groups is 1. The maximum atomic E-state index is 12.6. The van der Waals surface area contributed by atoms with E-state index in [4.69, 9.17) is 4.74 Å². The fourth-order valence-corrected chi connectivity index (χ4v) is 3.76. The van der Waals surface area contributed by atoms with Crippen molar-refractivity contribution in [3.05, 3.63) is 72.3 Å². The lowest BCUT2D eigenvalue weighted by Crippen LogP contribution is -2.39. The third-order valence-corrected chi connectivity index (χ3v) is 5.70. The van der Waals surface area contributed by atoms with Gasteiger partial charge in [-0.3, -0.25) is 4.79 Å². The second-order valence-corrected chi connectivity index (χ2v) is 7.44. The van der Waals surface area contributed by atoms with Gasteiger partial charge >= 0.3 is 5.97 Å². The average molecular weight is 342 g/mol. The lowest BCUT2D eigenvalue weighted by molar-refractivity contribution is -0.162. The summed E-state index contributed by atoms with van der Waals surface area (Å²) in [5.74, 6) is -0.987. The third kappa shape index (κ3) is 2.65. The molecule has 2 aromatic rings. The number of esters is 1. The Labute approximate surface area is 139 Å². The van der Waals surface area contributed by atoms with E-state index in [1.54, 1.807) is 18.2 Å². The maximum absolute atomic E-state index is 12.6. The van der Waals surface area contributed by atoms with E-state index in [2.05, 4.69) is 0 Å². The number of cyclic esters (lactones) is 1. The molecule has 5 nitrogen and oxygen atoms in total. The number of ketones is 1. The van der Waals surface area contributed by atoms with E-state index in [0.717, 1.165) is 6.08 Å². The minimum atomic E-state index is -3.64. The standard InChI is InChI=1S/C18H14O5S/c1-18(16(19)11-12-17(20)23-18)13-7-9-15(10-8-13)24(21,22)14-5-3-2-4-6-14/h2-12H,1H3/t18-/m0/s1. The van der Waals surface area contributed by atoms with Crippen LogP contribution in [0.2, 0.25) is 0 Å². The van der Waals surface area contributed by atoms with Crippen LogP contribution in [0.3, 0.4) is 0 Å². The van der Waals surface area contributed by atoms with Crippen molar-refractivity contribution in [3.63, 3.8) is 0 Å². The highest BCUT2D eigenvalue weighted by Crippen LogP contribution is 2.31. The van der Waals surface area contributed by atoms with Crippen LogP contribution in [0.15, 0.2) is 76.5 Å². The van der Waals surface area contributed by atoms with E-state index < -0.39 is 21.4 Å². The quantitative estimate of drug-likeness (QED) is 0.801. The van der Waals surface area contributed by atoms with Crippen LogP contribution in [0.5, 0.6) is 0 Å². The zero-order valence-electron chi connectivity index (χ0n) is 12.8. The molecule has 6 heteroatoms. The zero-order chi connectivity index (χ0) is 17.4. The van der Waals surface area contributed by atoms with Crippen LogP contribution >= 0.6 is 0 Å². The summed E-state index contributed by atoms with van der Waals surface area (Å²) in [6.07, 6.45) is 2.23. The van der Waals surface area contributed by atoms with Crippen LogP contribution in [0, 0.1) is 0 Å². The predicted octanol–water partition coefficient (Wildman–Crippen LogP) is 2.42. The highest BCUT2D eigenvalue weighted by atomic mass is 32.2. The number of ether oxygens (including phenoxy) is 1. The van der Waals surface area contributed by atoms with Gasteiger partial charge in [0, 0.05) is 11.6 Å². The molecule has 0 amide bonds. The largest absolute Gasteiger partial charge is 0.443 e. The lowest BCUT2D eigenvalue weighted by Gasteiger charge is -2.29. The number of carbonyl (C=O) groups is 2. The molecule has 3 rings (SSSR count). The highest BCUT2D eigenvalue weighted by Gasteiger charge is 2.40. The van der Waals surface area contributed by atoms with Gasteiger partial charge in [0.05, 0.1) is 9.79 Å². The molecule has 0 radical (unpaired) electrons. The monoisotopic (exact) mass is 342 g/mol. The number of rotatable bonds is 3. The lowest BCUT2D eigenvalue weighted by atomic mass is 9.89. The molecule has 1 aliphatic heterocycles. The number of carbonyl (C=O) groups excluding carboxylic acids is 2. The van der Waals surface area contributed by atoms with E-state index >= 15 is 0 Å². The molecule has 0 unspecified atom stereocenters. The molecule has 0 N–H and O–H groups in total. The Morgan fingerprint density at radius 2 is 1.42 bits per heavy atom. The summed E-state index contributed by atoms with van der Waals surface area (Å²) >= 11 is 0. The van der Waals surface area contributed by atoms with Crippen molar-refractivity contribution in [2.75, 3.05) is 0 Å². The molecule has 0 spiro atoms. The summed E-state index contributed by atoms with van der Waals surface area (Å²) < 4.78 is 30.3. The Bertz CT molecular complexity index is 927. The Morgan fingerprint density at radius 3 is 2.04 bits per heavy atom. The third-order valence-electron chi connectivity index (χ3n) is 3.91. The van der Waals surface area contributed by atoms with Gasteiger partial charge in [0.15, 0.2) is 5.60 Å². The van der Waals surface area contributed by atoms with Gasteiger partial charge in [-0.25, -0.2) is 13.2 Å². The normalized spacial score (nSPS) is 20.7. The maximum Gasteiger partial charge on any atom is 0.332 e. The number of hydrogen-bond donors (Lipinski definition) is 0. The van der Waals surface area contributed by atoms with E-state index in [1.807, 2.05) is 0 Å². The van der Waals surface area contributed by atoms with Gasteiger partial charge < -0.3 is 4.74 Å². The molecule has 1 heterocycles. The van der Waals surface area contributed by atoms with Crippen LogP contribution in [-0.2, 0) is 29.8 Å². The van der Waals surface area contributed by atoms with Crippen molar-refractivity contribution >= 4 is 21.6 Å². The van der Waals surface area contributed by atoms with E-state index in [-0.39, 0.29) is 15.6 Å².